The highest BCUT2D eigenvalue weighted by molar-refractivity contribution is 6.30. The predicted molar refractivity (Wildman–Crippen MR) is 111 cm³/mol. The first-order valence-corrected chi connectivity index (χ1v) is 9.81. The van der Waals surface area contributed by atoms with Gasteiger partial charge in [-0.3, -0.25) is 9.69 Å². The summed E-state index contributed by atoms with van der Waals surface area (Å²) in [6.07, 6.45) is 0. The average molecular weight is 419 g/mol. The normalized spacial score (nSPS) is 14.5. The fourth-order valence-electron chi connectivity index (χ4n) is 3.13. The molecule has 0 bridgehead atoms. The van der Waals surface area contributed by atoms with E-state index in [-0.39, 0.29) is 30.8 Å². The second-order valence-electron chi connectivity index (χ2n) is 7.04. The number of urea groups is 1. The average Bonchev–Trinajstić information content (AvgIpc) is 2.72. The molecule has 1 aliphatic heterocycles. The summed E-state index contributed by atoms with van der Waals surface area (Å²) >= 11 is 5.85. The SMILES string of the molecule is CN(Cc1ccccc1F)C(=O)CN1CCN(C(=O)Nc2ccc(Cl)cc2)CC1. The van der Waals surface area contributed by atoms with Crippen LogP contribution in [0, 0.1) is 5.82 Å². The van der Waals surface area contributed by atoms with Gasteiger partial charge in [0.2, 0.25) is 5.91 Å². The maximum Gasteiger partial charge on any atom is 0.321 e. The van der Waals surface area contributed by atoms with Crippen LogP contribution in [0.1, 0.15) is 5.56 Å². The van der Waals surface area contributed by atoms with Crippen molar-refractivity contribution in [3.8, 4) is 0 Å². The van der Waals surface area contributed by atoms with Gasteiger partial charge in [-0.15, -0.1) is 0 Å². The number of amides is 3. The Morgan fingerprint density at radius 1 is 1.07 bits per heavy atom. The molecule has 0 saturated carbocycles. The van der Waals surface area contributed by atoms with Crippen LogP contribution in [0.25, 0.3) is 0 Å². The molecule has 2 aromatic carbocycles. The molecule has 1 heterocycles. The number of halogens is 2. The Labute approximate surface area is 174 Å². The van der Waals surface area contributed by atoms with Gasteiger partial charge in [0.05, 0.1) is 6.54 Å². The minimum absolute atomic E-state index is 0.0766. The molecule has 1 N–H and O–H groups in total. The highest BCUT2D eigenvalue weighted by Crippen LogP contribution is 2.15. The molecule has 1 saturated heterocycles. The topological polar surface area (TPSA) is 55.9 Å². The van der Waals surface area contributed by atoms with Crippen LogP contribution < -0.4 is 5.32 Å². The maximum atomic E-state index is 13.8. The lowest BCUT2D eigenvalue weighted by Gasteiger charge is -2.35. The number of carbonyl (C=O) groups is 2. The minimum Gasteiger partial charge on any atom is -0.340 e. The molecule has 154 valence electrons. The summed E-state index contributed by atoms with van der Waals surface area (Å²) in [5.41, 5.74) is 1.18. The molecule has 1 aliphatic rings. The van der Waals surface area contributed by atoms with Crippen molar-refractivity contribution in [2.45, 2.75) is 6.54 Å². The number of nitrogens with zero attached hydrogens (tertiary/aromatic N) is 3. The summed E-state index contributed by atoms with van der Waals surface area (Å²) in [6.45, 7) is 2.75. The van der Waals surface area contributed by atoms with E-state index in [0.29, 0.717) is 42.5 Å². The molecule has 0 radical (unpaired) electrons. The molecule has 0 atom stereocenters. The molecule has 0 unspecified atom stereocenters. The first kappa shape index (κ1) is 21.1. The van der Waals surface area contributed by atoms with E-state index in [1.807, 2.05) is 4.90 Å². The highest BCUT2D eigenvalue weighted by Gasteiger charge is 2.23. The van der Waals surface area contributed by atoms with Crippen molar-refractivity contribution in [1.82, 2.24) is 14.7 Å². The van der Waals surface area contributed by atoms with Crippen LogP contribution >= 0.6 is 11.6 Å². The number of likely N-dealkylation sites (N-methyl/N-ethyl adjacent to an activating group) is 1. The second kappa shape index (κ2) is 9.71. The lowest BCUT2D eigenvalue weighted by Crippen LogP contribution is -2.52. The first-order chi connectivity index (χ1) is 13.9. The highest BCUT2D eigenvalue weighted by atomic mass is 35.5. The van der Waals surface area contributed by atoms with Crippen molar-refractivity contribution in [2.24, 2.45) is 0 Å². The summed E-state index contributed by atoms with van der Waals surface area (Å²) in [4.78, 5) is 30.1. The van der Waals surface area contributed by atoms with Gasteiger partial charge in [-0.05, 0) is 30.3 Å². The lowest BCUT2D eigenvalue weighted by atomic mass is 10.2. The summed E-state index contributed by atoms with van der Waals surface area (Å²) in [6, 6.07) is 13.2. The zero-order valence-electron chi connectivity index (χ0n) is 16.3. The zero-order chi connectivity index (χ0) is 20.8. The fourth-order valence-corrected chi connectivity index (χ4v) is 3.25. The molecule has 6 nitrogen and oxygen atoms in total. The standard InChI is InChI=1S/C21H24ClFN4O2/c1-25(14-16-4-2-3-5-19(16)23)20(28)15-26-10-12-27(13-11-26)21(29)24-18-8-6-17(22)7-9-18/h2-9H,10-15H2,1H3,(H,24,29). The van der Waals surface area contributed by atoms with Crippen LogP contribution in [0.15, 0.2) is 48.5 Å². The van der Waals surface area contributed by atoms with Crippen molar-refractivity contribution >= 4 is 29.2 Å². The molecule has 0 aliphatic carbocycles. The second-order valence-corrected chi connectivity index (χ2v) is 7.48. The summed E-state index contributed by atoms with van der Waals surface area (Å²) in [7, 11) is 1.67. The largest absolute Gasteiger partial charge is 0.340 e. The van der Waals surface area contributed by atoms with E-state index in [4.69, 9.17) is 11.6 Å². The Kier molecular flexibility index (Phi) is 7.06. The number of hydrogen-bond donors (Lipinski definition) is 1. The molecule has 1 fully saturated rings. The molecule has 3 rings (SSSR count). The monoisotopic (exact) mass is 418 g/mol. The number of nitrogens with one attached hydrogen (secondary N) is 1. The van der Waals surface area contributed by atoms with E-state index in [9.17, 15) is 14.0 Å². The van der Waals surface area contributed by atoms with Crippen LogP contribution in [0.4, 0.5) is 14.9 Å². The van der Waals surface area contributed by atoms with Gasteiger partial charge < -0.3 is 15.1 Å². The minimum atomic E-state index is -0.313. The van der Waals surface area contributed by atoms with Gasteiger partial charge in [0.1, 0.15) is 5.82 Å². The third-order valence-corrected chi connectivity index (χ3v) is 5.16. The van der Waals surface area contributed by atoms with E-state index in [1.165, 1.54) is 11.0 Å². The van der Waals surface area contributed by atoms with Gasteiger partial charge in [0.15, 0.2) is 0 Å². The maximum absolute atomic E-state index is 13.8. The lowest BCUT2D eigenvalue weighted by molar-refractivity contribution is -0.132. The molecule has 8 heteroatoms. The summed E-state index contributed by atoms with van der Waals surface area (Å²) in [5.74, 6) is -0.389. The quantitative estimate of drug-likeness (QED) is 0.810. The van der Waals surface area contributed by atoms with Crippen LogP contribution in [-0.2, 0) is 11.3 Å². The number of hydrogen-bond acceptors (Lipinski definition) is 3. The Morgan fingerprint density at radius 2 is 1.72 bits per heavy atom. The van der Waals surface area contributed by atoms with Crippen LogP contribution in [-0.4, -0.2) is 66.4 Å². The number of benzene rings is 2. The van der Waals surface area contributed by atoms with Crippen LogP contribution in [0.5, 0.6) is 0 Å². The van der Waals surface area contributed by atoms with Crippen molar-refractivity contribution < 1.29 is 14.0 Å². The summed E-state index contributed by atoms with van der Waals surface area (Å²) in [5, 5.41) is 3.46. The third kappa shape index (κ3) is 5.92. The predicted octanol–water partition coefficient (Wildman–Crippen LogP) is 3.29. The smallest absolute Gasteiger partial charge is 0.321 e. The van der Waals surface area contributed by atoms with Gasteiger partial charge in [0.25, 0.3) is 0 Å². The van der Waals surface area contributed by atoms with E-state index < -0.39 is 0 Å². The van der Waals surface area contributed by atoms with Gasteiger partial charge in [-0.2, -0.15) is 0 Å². The van der Waals surface area contributed by atoms with E-state index >= 15 is 0 Å². The number of anilines is 1. The number of carbonyl (C=O) groups excluding carboxylic acids is 2. The Morgan fingerprint density at radius 3 is 2.38 bits per heavy atom. The molecule has 3 amide bonds. The van der Waals surface area contributed by atoms with E-state index in [2.05, 4.69) is 5.32 Å². The molecule has 0 aromatic heterocycles. The van der Waals surface area contributed by atoms with Gasteiger partial charge in [-0.1, -0.05) is 29.8 Å². The molecule has 2 aromatic rings. The van der Waals surface area contributed by atoms with Gasteiger partial charge in [0, 0.05) is 56.0 Å². The third-order valence-electron chi connectivity index (χ3n) is 4.90. The first-order valence-electron chi connectivity index (χ1n) is 9.43. The van der Waals surface area contributed by atoms with Crippen molar-refractivity contribution in [3.63, 3.8) is 0 Å². The summed E-state index contributed by atoms with van der Waals surface area (Å²) < 4.78 is 13.8. The van der Waals surface area contributed by atoms with E-state index in [0.717, 1.165) is 0 Å². The molecular formula is C21H24ClFN4O2. The molecule has 29 heavy (non-hydrogen) atoms. The number of rotatable bonds is 5. The molecule has 0 spiro atoms. The number of piperazine rings is 1. The Balaban J connectivity index is 1.44. The van der Waals surface area contributed by atoms with Crippen molar-refractivity contribution in [3.05, 3.63) is 64.9 Å². The zero-order valence-corrected chi connectivity index (χ0v) is 17.0. The molecular weight excluding hydrogens is 395 g/mol. The van der Waals surface area contributed by atoms with Crippen molar-refractivity contribution in [1.29, 1.82) is 0 Å². The van der Waals surface area contributed by atoms with E-state index in [1.54, 1.807) is 54.4 Å². The van der Waals surface area contributed by atoms with Crippen molar-refractivity contribution in [2.75, 3.05) is 45.1 Å². The van der Waals surface area contributed by atoms with Crippen LogP contribution in [0.2, 0.25) is 5.02 Å². The van der Waals surface area contributed by atoms with Gasteiger partial charge >= 0.3 is 6.03 Å². The van der Waals surface area contributed by atoms with Crippen LogP contribution in [0.3, 0.4) is 0 Å². The fraction of sp³-hybridized carbons (Fsp3) is 0.333. The Bertz CT molecular complexity index is 854. The van der Waals surface area contributed by atoms with Gasteiger partial charge in [-0.25, -0.2) is 9.18 Å². The Hall–Kier alpha value is -2.64.